The Balaban J connectivity index is 1.31. The van der Waals surface area contributed by atoms with Gasteiger partial charge in [0.15, 0.2) is 0 Å². The summed E-state index contributed by atoms with van der Waals surface area (Å²) < 4.78 is 0. The van der Waals surface area contributed by atoms with E-state index in [-0.39, 0.29) is 17.4 Å². The van der Waals surface area contributed by atoms with E-state index in [9.17, 15) is 15.0 Å². The number of hydrogen-bond donors (Lipinski definition) is 2. The van der Waals surface area contributed by atoms with E-state index in [1.807, 2.05) is 0 Å². The maximum absolute atomic E-state index is 13.2. The molecular formula is C27H43NO3. The number of aliphatic hydroxyl groups is 2. The number of rotatable bonds is 0. The molecule has 0 spiro atoms. The molecule has 4 nitrogen and oxygen atoms in total. The molecule has 0 radical (unpaired) electrons. The first kappa shape index (κ1) is 21.1. The number of Topliss-reactive ketones (excluding diaryl/α,β-unsaturated/α-hetero) is 1. The maximum Gasteiger partial charge on any atom is 0.136 e. The van der Waals surface area contributed by atoms with Crippen LogP contribution in [0.4, 0.5) is 0 Å². The zero-order valence-electron chi connectivity index (χ0n) is 19.8. The van der Waals surface area contributed by atoms with Gasteiger partial charge >= 0.3 is 0 Å². The van der Waals surface area contributed by atoms with Crippen LogP contribution in [0.5, 0.6) is 0 Å². The number of hydrogen-bond acceptors (Lipinski definition) is 4. The number of nitrogens with zero attached hydrogens (tertiary/aromatic N) is 1. The highest BCUT2D eigenvalue weighted by atomic mass is 16.3. The molecule has 0 bridgehead atoms. The van der Waals surface area contributed by atoms with E-state index >= 15 is 0 Å². The van der Waals surface area contributed by atoms with Crippen molar-refractivity contribution in [3.63, 3.8) is 0 Å². The molecule has 2 heterocycles. The fourth-order valence-electron chi connectivity index (χ4n) is 10.4. The van der Waals surface area contributed by atoms with Crippen LogP contribution in [-0.4, -0.2) is 51.7 Å². The lowest BCUT2D eigenvalue weighted by molar-refractivity contribution is -0.175. The lowest BCUT2D eigenvalue weighted by Crippen LogP contribution is -2.67. The van der Waals surface area contributed by atoms with E-state index in [1.165, 1.54) is 25.8 Å². The standard InChI is InChI=1S/C27H43NO3/c1-15-4-7-25-27(3,31)21-6-5-17-18(20(21)14-28(25)13-15)11-22-19(17)12-24(30)23-10-16(29)8-9-26(22,23)2/h15-23,25,29,31H,4-14H2,1-3H3/t15-,16+,17+,18+,19-,20-,21-,22?,23+,25-,26+,27-/m0/s1. The number of fused-ring (bicyclic) bond motifs is 8. The molecular weight excluding hydrogens is 386 g/mol. The Labute approximate surface area is 188 Å². The van der Waals surface area contributed by atoms with Crippen molar-refractivity contribution < 1.29 is 15.0 Å². The van der Waals surface area contributed by atoms with Crippen molar-refractivity contribution in [2.24, 2.45) is 52.8 Å². The smallest absolute Gasteiger partial charge is 0.136 e. The highest BCUT2D eigenvalue weighted by Gasteiger charge is 2.64. The van der Waals surface area contributed by atoms with Gasteiger partial charge in [-0.2, -0.15) is 0 Å². The predicted molar refractivity (Wildman–Crippen MR) is 120 cm³/mol. The molecule has 12 atom stereocenters. The average Bonchev–Trinajstić information content (AvgIpc) is 3.09. The molecule has 2 saturated heterocycles. The molecule has 6 aliphatic rings. The zero-order valence-corrected chi connectivity index (χ0v) is 19.8. The Kier molecular flexibility index (Phi) is 4.78. The first-order valence-electron chi connectivity index (χ1n) is 13.4. The lowest BCUT2D eigenvalue weighted by atomic mass is 9.51. The van der Waals surface area contributed by atoms with Gasteiger partial charge in [0.25, 0.3) is 0 Å². The molecule has 2 N–H and O–H groups in total. The molecule has 0 aromatic heterocycles. The highest BCUT2D eigenvalue weighted by molar-refractivity contribution is 5.83. The van der Waals surface area contributed by atoms with E-state index < -0.39 is 5.60 Å². The third-order valence-electron chi connectivity index (χ3n) is 11.8. The highest BCUT2D eigenvalue weighted by Crippen LogP contribution is 2.66. The zero-order chi connectivity index (χ0) is 21.7. The fourth-order valence-corrected chi connectivity index (χ4v) is 10.4. The second kappa shape index (κ2) is 7.03. The van der Waals surface area contributed by atoms with Crippen molar-refractivity contribution in [3.05, 3.63) is 0 Å². The van der Waals surface area contributed by atoms with Crippen LogP contribution in [-0.2, 0) is 4.79 Å². The molecule has 1 unspecified atom stereocenters. The summed E-state index contributed by atoms with van der Waals surface area (Å²) in [5.74, 6) is 4.82. The van der Waals surface area contributed by atoms with Crippen LogP contribution >= 0.6 is 0 Å². The summed E-state index contributed by atoms with van der Waals surface area (Å²) in [4.78, 5) is 15.9. The van der Waals surface area contributed by atoms with Crippen molar-refractivity contribution in [2.75, 3.05) is 13.1 Å². The van der Waals surface area contributed by atoms with Crippen LogP contribution in [0.1, 0.15) is 78.6 Å². The van der Waals surface area contributed by atoms with Crippen LogP contribution < -0.4 is 0 Å². The van der Waals surface area contributed by atoms with Crippen molar-refractivity contribution >= 4 is 5.78 Å². The number of carbonyl (C=O) groups excluding carboxylic acids is 1. The minimum absolute atomic E-state index is 0.0789. The Morgan fingerprint density at radius 2 is 1.71 bits per heavy atom. The fraction of sp³-hybridized carbons (Fsp3) is 0.963. The predicted octanol–water partition coefficient (Wildman–Crippen LogP) is 3.89. The van der Waals surface area contributed by atoms with Gasteiger partial charge in [0, 0.05) is 31.5 Å². The Morgan fingerprint density at radius 3 is 2.52 bits per heavy atom. The van der Waals surface area contributed by atoms with Gasteiger partial charge in [-0.3, -0.25) is 9.69 Å². The molecule has 6 fully saturated rings. The second-order valence-electron chi connectivity index (χ2n) is 13.2. The van der Waals surface area contributed by atoms with Gasteiger partial charge in [0.1, 0.15) is 5.78 Å². The third kappa shape index (κ3) is 2.93. The minimum Gasteiger partial charge on any atom is -0.393 e. The molecule has 4 aliphatic carbocycles. The van der Waals surface area contributed by atoms with Gasteiger partial charge in [-0.1, -0.05) is 13.8 Å². The Morgan fingerprint density at radius 1 is 0.903 bits per heavy atom. The number of ketones is 1. The van der Waals surface area contributed by atoms with E-state index in [2.05, 4.69) is 25.7 Å². The summed E-state index contributed by atoms with van der Waals surface area (Å²) in [6.45, 7) is 9.23. The molecule has 0 aromatic rings. The molecule has 0 aromatic carbocycles. The number of piperidine rings is 2. The topological polar surface area (TPSA) is 60.8 Å². The molecule has 6 rings (SSSR count). The third-order valence-corrected chi connectivity index (χ3v) is 11.8. The van der Waals surface area contributed by atoms with Gasteiger partial charge in [-0.05, 0) is 105 Å². The summed E-state index contributed by atoms with van der Waals surface area (Å²) >= 11 is 0. The van der Waals surface area contributed by atoms with Gasteiger partial charge in [-0.15, -0.1) is 0 Å². The van der Waals surface area contributed by atoms with Crippen LogP contribution in [0, 0.1) is 52.8 Å². The van der Waals surface area contributed by atoms with Crippen molar-refractivity contribution in [1.82, 2.24) is 4.90 Å². The molecule has 0 amide bonds. The largest absolute Gasteiger partial charge is 0.393 e. The van der Waals surface area contributed by atoms with E-state index in [1.54, 1.807) is 0 Å². The second-order valence-corrected chi connectivity index (χ2v) is 13.2. The van der Waals surface area contributed by atoms with E-state index in [4.69, 9.17) is 0 Å². The van der Waals surface area contributed by atoms with Crippen molar-refractivity contribution in [2.45, 2.75) is 96.3 Å². The first-order chi connectivity index (χ1) is 14.7. The summed E-state index contributed by atoms with van der Waals surface area (Å²) in [5, 5.41) is 22.1. The molecule has 174 valence electrons. The molecule has 4 heteroatoms. The normalized spacial score (nSPS) is 59.2. The van der Waals surface area contributed by atoms with Crippen LogP contribution in [0.3, 0.4) is 0 Å². The SMILES string of the molecule is C[C@H]1CC[C@@H]2N(C1)C[C@H]1[C@@H]3CC4[C@@H](CC(=O)[C@H]5C[C@H](O)CC[C@]45C)[C@@H]3CC[C@@H]1[C@]2(C)O. The van der Waals surface area contributed by atoms with E-state index in [0.717, 1.165) is 44.6 Å². The molecule has 4 saturated carbocycles. The lowest BCUT2D eigenvalue weighted by Gasteiger charge is -2.59. The average molecular weight is 430 g/mol. The molecule has 2 aliphatic heterocycles. The van der Waals surface area contributed by atoms with Gasteiger partial charge in [0.2, 0.25) is 0 Å². The van der Waals surface area contributed by atoms with Gasteiger partial charge < -0.3 is 10.2 Å². The first-order valence-corrected chi connectivity index (χ1v) is 13.4. The summed E-state index contributed by atoms with van der Waals surface area (Å²) in [5.41, 5.74) is -0.482. The summed E-state index contributed by atoms with van der Waals surface area (Å²) in [6.07, 6.45) is 9.08. The van der Waals surface area contributed by atoms with Gasteiger partial charge in [-0.25, -0.2) is 0 Å². The Bertz CT molecular complexity index is 751. The van der Waals surface area contributed by atoms with Crippen LogP contribution in [0.2, 0.25) is 0 Å². The van der Waals surface area contributed by atoms with Crippen LogP contribution in [0.25, 0.3) is 0 Å². The maximum atomic E-state index is 13.2. The molecule has 31 heavy (non-hydrogen) atoms. The summed E-state index contributed by atoms with van der Waals surface area (Å²) in [7, 11) is 0. The van der Waals surface area contributed by atoms with Gasteiger partial charge in [0.05, 0.1) is 11.7 Å². The van der Waals surface area contributed by atoms with Crippen molar-refractivity contribution in [1.29, 1.82) is 0 Å². The minimum atomic E-state index is -0.570. The van der Waals surface area contributed by atoms with Crippen molar-refractivity contribution in [3.8, 4) is 0 Å². The quantitative estimate of drug-likeness (QED) is 0.613. The summed E-state index contributed by atoms with van der Waals surface area (Å²) in [6, 6.07) is 0.341. The number of carbonyl (C=O) groups is 1. The van der Waals surface area contributed by atoms with Crippen LogP contribution in [0.15, 0.2) is 0 Å². The monoisotopic (exact) mass is 429 g/mol. The Hall–Kier alpha value is -0.450. The van der Waals surface area contributed by atoms with E-state index in [0.29, 0.717) is 53.8 Å². The number of aliphatic hydroxyl groups excluding tert-OH is 1.